The zero-order valence-electron chi connectivity index (χ0n) is 18.7. The number of amides is 1. The second-order valence-electron chi connectivity index (χ2n) is 7.76. The number of rotatable bonds is 6. The van der Waals surface area contributed by atoms with Crippen LogP contribution in [0.4, 0.5) is 11.4 Å². The van der Waals surface area contributed by atoms with E-state index in [9.17, 15) is 13.2 Å². The number of carbonyl (C=O) groups is 1. The summed E-state index contributed by atoms with van der Waals surface area (Å²) in [5.74, 6) is 0.434. The Morgan fingerprint density at radius 2 is 1.70 bits per heavy atom. The van der Waals surface area contributed by atoms with Crippen LogP contribution in [0.2, 0.25) is 0 Å². The lowest BCUT2D eigenvalue weighted by atomic mass is 10.2. The summed E-state index contributed by atoms with van der Waals surface area (Å²) >= 11 is 1.36. The topological polar surface area (TPSA) is 75.7 Å². The number of fused-ring (bicyclic) bond motifs is 1. The van der Waals surface area contributed by atoms with Crippen LogP contribution in [0.25, 0.3) is 10.1 Å². The van der Waals surface area contributed by atoms with E-state index in [0.29, 0.717) is 16.3 Å². The van der Waals surface area contributed by atoms with Crippen LogP contribution in [0.3, 0.4) is 0 Å². The van der Waals surface area contributed by atoms with Gasteiger partial charge in [-0.25, -0.2) is 8.42 Å². The van der Waals surface area contributed by atoms with E-state index in [0.717, 1.165) is 26.9 Å². The van der Waals surface area contributed by atoms with E-state index in [4.69, 9.17) is 4.74 Å². The third-order valence-corrected chi connectivity index (χ3v) is 8.32. The molecule has 1 aromatic heterocycles. The number of nitrogens with one attached hydrogen (secondary N) is 1. The lowest BCUT2D eigenvalue weighted by molar-refractivity contribution is 0.103. The number of anilines is 2. The highest BCUT2D eigenvalue weighted by molar-refractivity contribution is 7.92. The molecule has 0 bridgehead atoms. The summed E-state index contributed by atoms with van der Waals surface area (Å²) in [4.78, 5) is 13.4. The Morgan fingerprint density at radius 1 is 0.970 bits per heavy atom. The Bertz CT molecular complexity index is 1440. The Labute approximate surface area is 197 Å². The van der Waals surface area contributed by atoms with Crippen LogP contribution in [0.15, 0.2) is 71.6 Å². The first-order chi connectivity index (χ1) is 15.7. The number of hydrogen-bond donors (Lipinski definition) is 1. The quantitative estimate of drug-likeness (QED) is 0.390. The summed E-state index contributed by atoms with van der Waals surface area (Å²) in [6.07, 6.45) is 0. The Hall–Kier alpha value is -3.36. The number of ether oxygens (including phenoxy) is 1. The summed E-state index contributed by atoms with van der Waals surface area (Å²) in [6, 6.07) is 19.5. The van der Waals surface area contributed by atoms with Crippen LogP contribution in [-0.4, -0.2) is 28.5 Å². The van der Waals surface area contributed by atoms with Gasteiger partial charge in [-0.15, -0.1) is 11.3 Å². The molecule has 1 amide bonds. The molecule has 8 heteroatoms. The molecule has 33 heavy (non-hydrogen) atoms. The van der Waals surface area contributed by atoms with E-state index >= 15 is 0 Å². The molecule has 0 saturated heterocycles. The third-order valence-electron chi connectivity index (χ3n) is 5.42. The van der Waals surface area contributed by atoms with Crippen LogP contribution < -0.4 is 14.4 Å². The number of nitrogens with zero attached hydrogens (tertiary/aromatic N) is 1. The predicted molar refractivity (Wildman–Crippen MR) is 134 cm³/mol. The van der Waals surface area contributed by atoms with Gasteiger partial charge < -0.3 is 10.1 Å². The van der Waals surface area contributed by atoms with Crippen molar-refractivity contribution >= 4 is 48.7 Å². The summed E-state index contributed by atoms with van der Waals surface area (Å²) in [6.45, 7) is 3.79. The monoisotopic (exact) mass is 480 g/mol. The normalized spacial score (nSPS) is 11.4. The first-order valence-corrected chi connectivity index (χ1v) is 12.5. The van der Waals surface area contributed by atoms with Crippen molar-refractivity contribution in [3.8, 4) is 5.75 Å². The largest absolute Gasteiger partial charge is 0.496 e. The molecule has 3 aromatic carbocycles. The first-order valence-electron chi connectivity index (χ1n) is 10.2. The third kappa shape index (κ3) is 4.58. The van der Waals surface area contributed by atoms with Gasteiger partial charge in [0.25, 0.3) is 15.9 Å². The van der Waals surface area contributed by atoms with E-state index in [1.807, 2.05) is 37.3 Å². The minimum Gasteiger partial charge on any atom is -0.496 e. The molecular formula is C25H24N2O4S2. The van der Waals surface area contributed by atoms with Gasteiger partial charge in [-0.05, 0) is 79.4 Å². The summed E-state index contributed by atoms with van der Waals surface area (Å²) in [5, 5.41) is 3.70. The molecule has 170 valence electrons. The van der Waals surface area contributed by atoms with Gasteiger partial charge in [-0.3, -0.25) is 9.10 Å². The van der Waals surface area contributed by atoms with Gasteiger partial charge in [0.1, 0.15) is 5.75 Å². The number of methoxy groups -OCH3 is 1. The Balaban J connectivity index is 1.60. The fraction of sp³-hybridized carbons (Fsp3) is 0.160. The molecule has 4 aromatic rings. The molecule has 0 aliphatic carbocycles. The number of hydrogen-bond acceptors (Lipinski definition) is 5. The molecule has 0 spiro atoms. The molecule has 0 unspecified atom stereocenters. The maximum absolute atomic E-state index is 13.2. The van der Waals surface area contributed by atoms with Crippen LogP contribution >= 0.6 is 11.3 Å². The van der Waals surface area contributed by atoms with Crippen LogP contribution in [0.5, 0.6) is 5.75 Å². The highest BCUT2D eigenvalue weighted by Gasteiger charge is 2.23. The first kappa shape index (κ1) is 22.8. The van der Waals surface area contributed by atoms with Crippen molar-refractivity contribution in [2.24, 2.45) is 0 Å². The van der Waals surface area contributed by atoms with E-state index in [-0.39, 0.29) is 10.8 Å². The maximum atomic E-state index is 13.2. The number of aryl methyl sites for hydroxylation is 2. The Kier molecular flexibility index (Phi) is 6.14. The fourth-order valence-electron chi connectivity index (χ4n) is 3.48. The van der Waals surface area contributed by atoms with Crippen molar-refractivity contribution < 1.29 is 17.9 Å². The maximum Gasteiger partial charge on any atom is 0.265 e. The second-order valence-corrected chi connectivity index (χ2v) is 10.8. The zero-order chi connectivity index (χ0) is 23.8. The van der Waals surface area contributed by atoms with Crippen molar-refractivity contribution in [1.82, 2.24) is 0 Å². The number of carbonyl (C=O) groups excluding carboxylic acids is 1. The van der Waals surface area contributed by atoms with Gasteiger partial charge in [-0.2, -0.15) is 0 Å². The van der Waals surface area contributed by atoms with Crippen molar-refractivity contribution in [3.63, 3.8) is 0 Å². The second kappa shape index (κ2) is 8.88. The SMILES string of the molecule is COc1ccc(S(=O)(=O)N(C)c2ccc3sc(C(=O)Nc4ccc(C)cc4)cc3c2)cc1C. The summed E-state index contributed by atoms with van der Waals surface area (Å²) in [5.41, 5.74) is 3.10. The molecule has 0 radical (unpaired) electrons. The van der Waals surface area contributed by atoms with E-state index < -0.39 is 10.0 Å². The van der Waals surface area contributed by atoms with Gasteiger partial charge in [0.15, 0.2) is 0 Å². The van der Waals surface area contributed by atoms with Crippen molar-refractivity contribution in [2.75, 3.05) is 23.8 Å². The van der Waals surface area contributed by atoms with Crippen molar-refractivity contribution in [2.45, 2.75) is 18.7 Å². The molecule has 0 aliphatic rings. The smallest absolute Gasteiger partial charge is 0.265 e. The van der Waals surface area contributed by atoms with Crippen molar-refractivity contribution in [1.29, 1.82) is 0 Å². The molecular weight excluding hydrogens is 456 g/mol. The van der Waals surface area contributed by atoms with Gasteiger partial charge >= 0.3 is 0 Å². The van der Waals surface area contributed by atoms with Gasteiger partial charge in [0, 0.05) is 17.4 Å². The lowest BCUT2D eigenvalue weighted by Gasteiger charge is -2.20. The molecule has 0 saturated carbocycles. The zero-order valence-corrected chi connectivity index (χ0v) is 20.4. The minimum atomic E-state index is -3.76. The number of thiophene rings is 1. The van der Waals surface area contributed by atoms with Gasteiger partial charge in [0.05, 0.1) is 22.6 Å². The molecule has 6 nitrogen and oxygen atoms in total. The minimum absolute atomic E-state index is 0.187. The lowest BCUT2D eigenvalue weighted by Crippen LogP contribution is -2.26. The van der Waals surface area contributed by atoms with Crippen LogP contribution in [-0.2, 0) is 10.0 Å². The number of benzene rings is 3. The number of sulfonamides is 1. The van der Waals surface area contributed by atoms with Gasteiger partial charge in [0.2, 0.25) is 0 Å². The highest BCUT2D eigenvalue weighted by atomic mass is 32.2. The molecule has 4 rings (SSSR count). The van der Waals surface area contributed by atoms with Crippen molar-refractivity contribution in [3.05, 3.63) is 82.7 Å². The molecule has 1 N–H and O–H groups in total. The molecule has 0 aliphatic heterocycles. The predicted octanol–water partition coefficient (Wildman–Crippen LogP) is 5.60. The van der Waals surface area contributed by atoms with E-state index in [1.54, 1.807) is 44.4 Å². The van der Waals surface area contributed by atoms with Gasteiger partial charge in [-0.1, -0.05) is 17.7 Å². The summed E-state index contributed by atoms with van der Waals surface area (Å²) < 4.78 is 33.7. The molecule has 0 atom stereocenters. The van der Waals surface area contributed by atoms with Crippen LogP contribution in [0, 0.1) is 13.8 Å². The summed E-state index contributed by atoms with van der Waals surface area (Å²) in [7, 11) is -0.689. The molecule has 0 fully saturated rings. The van der Waals surface area contributed by atoms with E-state index in [1.165, 1.54) is 28.8 Å². The van der Waals surface area contributed by atoms with Crippen LogP contribution in [0.1, 0.15) is 20.8 Å². The fourth-order valence-corrected chi connectivity index (χ4v) is 5.69. The molecule has 1 heterocycles. The van der Waals surface area contributed by atoms with E-state index in [2.05, 4.69) is 5.32 Å². The standard InChI is InChI=1S/C25H24N2O4S2/c1-16-5-7-19(8-6-16)26-25(28)24-15-18-14-20(9-12-23(18)32-24)27(3)33(29,30)21-10-11-22(31-4)17(2)13-21/h5-15H,1-4H3,(H,26,28). The highest BCUT2D eigenvalue weighted by Crippen LogP contribution is 2.32. The average Bonchev–Trinajstić information content (AvgIpc) is 3.23. The Morgan fingerprint density at radius 3 is 2.36 bits per heavy atom. The average molecular weight is 481 g/mol.